The molecule has 19 heavy (non-hydrogen) atoms. The smallest absolute Gasteiger partial charge is 0.0296 e. The maximum atomic E-state index is 3.87. The fourth-order valence-electron chi connectivity index (χ4n) is 4.06. The Hall–Kier alpha value is -0.860. The van der Waals surface area contributed by atoms with Gasteiger partial charge in [0.05, 0.1) is 0 Å². The van der Waals surface area contributed by atoms with Crippen molar-refractivity contribution in [2.45, 2.75) is 63.7 Å². The number of rotatable bonds is 3. The molecule has 2 unspecified atom stereocenters. The van der Waals surface area contributed by atoms with Crippen LogP contribution in [0.4, 0.5) is 0 Å². The lowest BCUT2D eigenvalue weighted by atomic mass is 9.95. The highest BCUT2D eigenvalue weighted by Crippen LogP contribution is 2.35. The summed E-state index contributed by atoms with van der Waals surface area (Å²) < 4.78 is 0. The molecule has 1 aromatic carbocycles. The number of nitrogens with one attached hydrogen (secondary N) is 1. The zero-order valence-electron chi connectivity index (χ0n) is 12.4. The SMILES string of the molecule is Cc1ccccc1[C@H](C)NC1CC2CCC(C1)N2C. The maximum absolute atomic E-state index is 3.87. The van der Waals surface area contributed by atoms with E-state index in [2.05, 4.69) is 55.4 Å². The molecule has 2 fully saturated rings. The van der Waals surface area contributed by atoms with Gasteiger partial charge in [-0.15, -0.1) is 0 Å². The summed E-state index contributed by atoms with van der Waals surface area (Å²) in [5.41, 5.74) is 2.85. The number of nitrogens with zero attached hydrogens (tertiary/aromatic N) is 1. The molecule has 0 aromatic heterocycles. The van der Waals surface area contributed by atoms with Gasteiger partial charge in [0.2, 0.25) is 0 Å². The van der Waals surface area contributed by atoms with E-state index in [9.17, 15) is 0 Å². The van der Waals surface area contributed by atoms with Crippen molar-refractivity contribution in [2.24, 2.45) is 0 Å². The predicted molar refractivity (Wildman–Crippen MR) is 80.3 cm³/mol. The van der Waals surface area contributed by atoms with E-state index in [1.807, 2.05) is 0 Å². The molecule has 0 radical (unpaired) electrons. The van der Waals surface area contributed by atoms with E-state index in [0.717, 1.165) is 12.1 Å². The van der Waals surface area contributed by atoms with E-state index in [0.29, 0.717) is 12.1 Å². The van der Waals surface area contributed by atoms with Crippen LogP contribution in [0.1, 0.15) is 49.8 Å². The number of aryl methyl sites for hydroxylation is 1. The van der Waals surface area contributed by atoms with Gasteiger partial charge in [-0.25, -0.2) is 0 Å². The first kappa shape index (κ1) is 13.1. The fourth-order valence-corrected chi connectivity index (χ4v) is 4.06. The topological polar surface area (TPSA) is 15.3 Å². The molecule has 2 aliphatic rings. The summed E-state index contributed by atoms with van der Waals surface area (Å²) in [4.78, 5) is 2.61. The first-order chi connectivity index (χ1) is 9.15. The van der Waals surface area contributed by atoms with Crippen LogP contribution in [-0.4, -0.2) is 30.1 Å². The van der Waals surface area contributed by atoms with Gasteiger partial charge in [0.15, 0.2) is 0 Å². The lowest BCUT2D eigenvalue weighted by molar-refractivity contribution is 0.144. The summed E-state index contributed by atoms with van der Waals surface area (Å²) in [7, 11) is 2.31. The van der Waals surface area contributed by atoms with E-state index in [4.69, 9.17) is 0 Å². The van der Waals surface area contributed by atoms with Crippen LogP contribution in [0.15, 0.2) is 24.3 Å². The lowest BCUT2D eigenvalue weighted by Crippen LogP contribution is -2.47. The zero-order chi connectivity index (χ0) is 13.4. The van der Waals surface area contributed by atoms with Gasteiger partial charge in [0.25, 0.3) is 0 Å². The van der Waals surface area contributed by atoms with Crippen LogP contribution in [0.5, 0.6) is 0 Å². The Kier molecular flexibility index (Phi) is 3.64. The zero-order valence-corrected chi connectivity index (χ0v) is 12.4. The van der Waals surface area contributed by atoms with Gasteiger partial charge in [-0.05, 0) is 57.7 Å². The molecule has 0 saturated carbocycles. The van der Waals surface area contributed by atoms with Gasteiger partial charge in [-0.1, -0.05) is 24.3 Å². The lowest BCUT2D eigenvalue weighted by Gasteiger charge is -2.38. The van der Waals surface area contributed by atoms with E-state index >= 15 is 0 Å². The van der Waals surface area contributed by atoms with Crippen LogP contribution in [0.3, 0.4) is 0 Å². The second-order valence-electron chi connectivity index (χ2n) is 6.46. The first-order valence-electron chi connectivity index (χ1n) is 7.68. The maximum Gasteiger partial charge on any atom is 0.0296 e. The number of fused-ring (bicyclic) bond motifs is 2. The number of piperidine rings is 1. The van der Waals surface area contributed by atoms with E-state index in [1.54, 1.807) is 0 Å². The van der Waals surface area contributed by atoms with Gasteiger partial charge in [0.1, 0.15) is 0 Å². The first-order valence-corrected chi connectivity index (χ1v) is 7.68. The molecular formula is C17H26N2. The molecular weight excluding hydrogens is 232 g/mol. The Morgan fingerprint density at radius 3 is 2.42 bits per heavy atom. The van der Waals surface area contributed by atoms with Crippen molar-refractivity contribution in [3.63, 3.8) is 0 Å². The van der Waals surface area contributed by atoms with E-state index in [1.165, 1.54) is 36.8 Å². The van der Waals surface area contributed by atoms with Crippen LogP contribution in [0.2, 0.25) is 0 Å². The molecule has 2 bridgehead atoms. The predicted octanol–water partition coefficient (Wildman–Crippen LogP) is 3.27. The monoisotopic (exact) mass is 258 g/mol. The molecule has 0 aliphatic carbocycles. The molecule has 2 heterocycles. The third kappa shape index (κ3) is 2.56. The third-order valence-corrected chi connectivity index (χ3v) is 5.24. The minimum absolute atomic E-state index is 0.467. The molecule has 2 heteroatoms. The van der Waals surface area contributed by atoms with Crippen molar-refractivity contribution >= 4 is 0 Å². The largest absolute Gasteiger partial charge is 0.307 e. The summed E-state index contributed by atoms with van der Waals surface area (Å²) in [6.07, 6.45) is 5.45. The Bertz CT molecular complexity index is 429. The van der Waals surface area contributed by atoms with Crippen molar-refractivity contribution in [3.05, 3.63) is 35.4 Å². The number of hydrogen-bond acceptors (Lipinski definition) is 2. The fraction of sp³-hybridized carbons (Fsp3) is 0.647. The van der Waals surface area contributed by atoms with E-state index < -0.39 is 0 Å². The molecule has 1 N–H and O–H groups in total. The van der Waals surface area contributed by atoms with Crippen LogP contribution < -0.4 is 5.32 Å². The number of benzene rings is 1. The van der Waals surface area contributed by atoms with Gasteiger partial charge in [0, 0.05) is 24.2 Å². The van der Waals surface area contributed by atoms with Crippen LogP contribution >= 0.6 is 0 Å². The highest BCUT2D eigenvalue weighted by atomic mass is 15.2. The minimum atomic E-state index is 0.467. The summed E-state index contributed by atoms with van der Waals surface area (Å²) in [6.45, 7) is 4.52. The standard InChI is InChI=1S/C17H26N2/c1-12-6-4-5-7-17(12)13(2)18-14-10-15-8-9-16(11-14)19(15)3/h4-7,13-16,18H,8-11H2,1-3H3/t13-,14?,15?,16?/m0/s1. The normalized spacial score (nSPS) is 32.5. The molecule has 0 amide bonds. The highest BCUT2D eigenvalue weighted by Gasteiger charge is 2.38. The van der Waals surface area contributed by atoms with Crippen molar-refractivity contribution in [2.75, 3.05) is 7.05 Å². The van der Waals surface area contributed by atoms with Crippen LogP contribution in [0, 0.1) is 6.92 Å². The molecule has 2 saturated heterocycles. The molecule has 3 atom stereocenters. The summed E-state index contributed by atoms with van der Waals surface area (Å²) >= 11 is 0. The summed E-state index contributed by atoms with van der Waals surface area (Å²) in [5.74, 6) is 0. The third-order valence-electron chi connectivity index (χ3n) is 5.24. The van der Waals surface area contributed by atoms with Crippen molar-refractivity contribution in [1.29, 1.82) is 0 Å². The van der Waals surface area contributed by atoms with Gasteiger partial charge in [-0.2, -0.15) is 0 Å². The molecule has 104 valence electrons. The second kappa shape index (κ2) is 5.26. The van der Waals surface area contributed by atoms with Crippen LogP contribution in [-0.2, 0) is 0 Å². The summed E-state index contributed by atoms with van der Waals surface area (Å²) in [5, 5.41) is 3.87. The highest BCUT2D eigenvalue weighted by molar-refractivity contribution is 5.28. The molecule has 0 spiro atoms. The average Bonchev–Trinajstić information content (AvgIpc) is 2.63. The van der Waals surface area contributed by atoms with Gasteiger partial charge >= 0.3 is 0 Å². The Morgan fingerprint density at radius 2 is 1.79 bits per heavy atom. The van der Waals surface area contributed by atoms with Crippen molar-refractivity contribution < 1.29 is 0 Å². The van der Waals surface area contributed by atoms with E-state index in [-0.39, 0.29) is 0 Å². The van der Waals surface area contributed by atoms with Gasteiger partial charge in [-0.3, -0.25) is 0 Å². The average molecular weight is 258 g/mol. The molecule has 2 nitrogen and oxygen atoms in total. The molecule has 1 aromatic rings. The quantitative estimate of drug-likeness (QED) is 0.895. The van der Waals surface area contributed by atoms with Crippen molar-refractivity contribution in [1.82, 2.24) is 10.2 Å². The Balaban J connectivity index is 1.65. The van der Waals surface area contributed by atoms with Gasteiger partial charge < -0.3 is 10.2 Å². The summed E-state index contributed by atoms with van der Waals surface area (Å²) in [6, 6.07) is 11.6. The number of hydrogen-bond donors (Lipinski definition) is 1. The van der Waals surface area contributed by atoms with Crippen LogP contribution in [0.25, 0.3) is 0 Å². The molecule has 3 rings (SSSR count). The molecule has 2 aliphatic heterocycles. The van der Waals surface area contributed by atoms with Crippen molar-refractivity contribution in [3.8, 4) is 0 Å². The minimum Gasteiger partial charge on any atom is -0.307 e. The second-order valence-corrected chi connectivity index (χ2v) is 6.46. The Morgan fingerprint density at radius 1 is 1.16 bits per heavy atom. The Labute approximate surface area is 117 Å².